The quantitative estimate of drug-likeness (QED) is 0.644. The van der Waals surface area contributed by atoms with Gasteiger partial charge in [-0.1, -0.05) is 11.6 Å². The molecule has 102 valence electrons. The number of halogens is 1. The molecule has 0 bridgehead atoms. The number of hydrogen-bond donors (Lipinski definition) is 3. The van der Waals surface area contributed by atoms with Crippen LogP contribution in [0.2, 0.25) is 5.02 Å². The van der Waals surface area contributed by atoms with Gasteiger partial charge in [0.2, 0.25) is 0 Å². The van der Waals surface area contributed by atoms with Crippen LogP contribution in [0.1, 0.15) is 17.5 Å². The van der Waals surface area contributed by atoms with Crippen LogP contribution in [0.25, 0.3) is 0 Å². The Bertz CT molecular complexity index is 374. The van der Waals surface area contributed by atoms with Crippen LogP contribution in [0, 0.1) is 6.92 Å². The van der Waals surface area contributed by atoms with Gasteiger partial charge in [0.1, 0.15) is 5.75 Å². The van der Waals surface area contributed by atoms with Crippen LogP contribution in [0.15, 0.2) is 12.1 Å². The summed E-state index contributed by atoms with van der Waals surface area (Å²) in [4.78, 5) is 0. The Labute approximate surface area is 118 Å². The van der Waals surface area contributed by atoms with Crippen LogP contribution in [0.3, 0.4) is 0 Å². The highest BCUT2D eigenvalue weighted by atomic mass is 35.5. The molecular formula is C13H20ClNO2S. The van der Waals surface area contributed by atoms with Crippen LogP contribution < -0.4 is 5.32 Å². The Hall–Kier alpha value is -0.420. The average molecular weight is 290 g/mol. The van der Waals surface area contributed by atoms with Gasteiger partial charge in [-0.3, -0.25) is 0 Å². The van der Waals surface area contributed by atoms with Gasteiger partial charge in [0, 0.05) is 36.0 Å². The fourth-order valence-corrected chi connectivity index (χ4v) is 2.70. The first-order chi connectivity index (χ1) is 8.65. The number of nitrogens with one attached hydrogen (secondary N) is 1. The van der Waals surface area contributed by atoms with E-state index < -0.39 is 0 Å². The maximum absolute atomic E-state index is 9.86. The van der Waals surface area contributed by atoms with Gasteiger partial charge in [-0.05, 0) is 36.8 Å². The number of aryl methyl sites for hydroxylation is 1. The molecule has 0 amide bonds. The lowest BCUT2D eigenvalue weighted by molar-refractivity contribution is 0.296. The van der Waals surface area contributed by atoms with Gasteiger partial charge in [-0.2, -0.15) is 11.8 Å². The highest BCUT2D eigenvalue weighted by Gasteiger charge is 2.05. The largest absolute Gasteiger partial charge is 0.507 e. The standard InChI is InChI=1S/C13H20ClNO2S/c1-10-7-12(14)8-11(13(10)17)9-15-3-6-18-5-2-4-16/h7-8,15-17H,2-6,9H2,1H3. The number of aliphatic hydroxyl groups is 1. The molecule has 0 aromatic heterocycles. The van der Waals surface area contributed by atoms with Crippen LogP contribution >= 0.6 is 23.4 Å². The second kappa shape index (κ2) is 8.64. The summed E-state index contributed by atoms with van der Waals surface area (Å²) < 4.78 is 0. The van der Waals surface area contributed by atoms with Gasteiger partial charge >= 0.3 is 0 Å². The zero-order valence-electron chi connectivity index (χ0n) is 10.6. The summed E-state index contributed by atoms with van der Waals surface area (Å²) in [6.45, 7) is 3.60. The normalized spacial score (nSPS) is 10.8. The molecule has 0 radical (unpaired) electrons. The zero-order valence-corrected chi connectivity index (χ0v) is 12.2. The predicted octanol–water partition coefficient (Wildman–Crippen LogP) is 2.56. The second-order valence-electron chi connectivity index (χ2n) is 4.10. The van der Waals surface area contributed by atoms with Crippen LogP contribution in [-0.4, -0.2) is 34.9 Å². The van der Waals surface area contributed by atoms with Crippen molar-refractivity contribution >= 4 is 23.4 Å². The Kier molecular flexibility index (Phi) is 7.51. The number of phenolic OH excluding ortho intramolecular Hbond substituents is 1. The molecule has 0 saturated carbocycles. The molecule has 3 N–H and O–H groups in total. The zero-order chi connectivity index (χ0) is 13.4. The van der Waals surface area contributed by atoms with E-state index in [9.17, 15) is 5.11 Å². The minimum Gasteiger partial charge on any atom is -0.507 e. The van der Waals surface area contributed by atoms with E-state index in [4.69, 9.17) is 16.7 Å². The lowest BCUT2D eigenvalue weighted by Crippen LogP contribution is -2.17. The number of hydrogen-bond acceptors (Lipinski definition) is 4. The number of benzene rings is 1. The van der Waals surface area contributed by atoms with Gasteiger partial charge in [-0.25, -0.2) is 0 Å². The summed E-state index contributed by atoms with van der Waals surface area (Å²) in [5.74, 6) is 2.31. The molecule has 5 heteroatoms. The summed E-state index contributed by atoms with van der Waals surface area (Å²) in [5.41, 5.74) is 1.64. The highest BCUT2D eigenvalue weighted by molar-refractivity contribution is 7.99. The molecule has 0 unspecified atom stereocenters. The van der Waals surface area contributed by atoms with Crippen molar-refractivity contribution in [3.05, 3.63) is 28.3 Å². The maximum Gasteiger partial charge on any atom is 0.123 e. The van der Waals surface area contributed by atoms with Crippen molar-refractivity contribution < 1.29 is 10.2 Å². The van der Waals surface area contributed by atoms with E-state index in [1.807, 2.05) is 18.7 Å². The minimum absolute atomic E-state index is 0.260. The lowest BCUT2D eigenvalue weighted by atomic mass is 10.1. The van der Waals surface area contributed by atoms with Crippen LogP contribution in [0.4, 0.5) is 0 Å². The number of aliphatic hydroxyl groups excluding tert-OH is 1. The fraction of sp³-hybridized carbons (Fsp3) is 0.538. The van der Waals surface area contributed by atoms with Gasteiger partial charge in [-0.15, -0.1) is 0 Å². The summed E-state index contributed by atoms with van der Waals surface area (Å²) >= 11 is 7.77. The second-order valence-corrected chi connectivity index (χ2v) is 5.76. The number of phenols is 1. The summed E-state index contributed by atoms with van der Waals surface area (Å²) in [6.07, 6.45) is 0.846. The molecule has 18 heavy (non-hydrogen) atoms. The molecule has 0 heterocycles. The fourth-order valence-electron chi connectivity index (χ4n) is 1.58. The van der Waals surface area contributed by atoms with Crippen molar-refractivity contribution in [2.45, 2.75) is 19.9 Å². The van der Waals surface area contributed by atoms with Crippen molar-refractivity contribution in [1.82, 2.24) is 5.32 Å². The molecule has 0 aliphatic rings. The summed E-state index contributed by atoms with van der Waals surface area (Å²) in [5, 5.41) is 22.4. The molecule has 1 rings (SSSR count). The average Bonchev–Trinajstić information content (AvgIpc) is 2.33. The first-order valence-electron chi connectivity index (χ1n) is 6.02. The van der Waals surface area contributed by atoms with Crippen molar-refractivity contribution in [2.75, 3.05) is 24.7 Å². The van der Waals surface area contributed by atoms with E-state index in [0.717, 1.165) is 35.6 Å². The molecule has 0 aliphatic carbocycles. The topological polar surface area (TPSA) is 52.5 Å². The number of aromatic hydroxyl groups is 1. The first-order valence-corrected chi connectivity index (χ1v) is 7.55. The third-order valence-electron chi connectivity index (χ3n) is 2.53. The lowest BCUT2D eigenvalue weighted by Gasteiger charge is -2.09. The Morgan fingerprint density at radius 3 is 2.83 bits per heavy atom. The van der Waals surface area contributed by atoms with Crippen molar-refractivity contribution in [3.8, 4) is 5.75 Å². The molecule has 0 spiro atoms. The Morgan fingerprint density at radius 2 is 2.11 bits per heavy atom. The molecule has 1 aromatic carbocycles. The minimum atomic E-state index is 0.260. The van der Waals surface area contributed by atoms with Crippen molar-refractivity contribution in [3.63, 3.8) is 0 Å². The number of thioether (sulfide) groups is 1. The highest BCUT2D eigenvalue weighted by Crippen LogP contribution is 2.26. The maximum atomic E-state index is 9.86. The van der Waals surface area contributed by atoms with Gasteiger partial charge in [0.15, 0.2) is 0 Å². The predicted molar refractivity (Wildman–Crippen MR) is 78.6 cm³/mol. The van der Waals surface area contributed by atoms with Crippen LogP contribution in [0.5, 0.6) is 5.75 Å². The number of rotatable bonds is 8. The van der Waals surface area contributed by atoms with E-state index in [1.165, 1.54) is 0 Å². The van der Waals surface area contributed by atoms with E-state index in [0.29, 0.717) is 17.3 Å². The summed E-state index contributed by atoms with van der Waals surface area (Å²) in [6, 6.07) is 3.54. The van der Waals surface area contributed by atoms with Gasteiger partial charge in [0.05, 0.1) is 0 Å². The monoisotopic (exact) mass is 289 g/mol. The smallest absolute Gasteiger partial charge is 0.123 e. The molecular weight excluding hydrogens is 270 g/mol. The third kappa shape index (κ3) is 5.48. The van der Waals surface area contributed by atoms with E-state index in [2.05, 4.69) is 5.32 Å². The molecule has 1 aromatic rings. The van der Waals surface area contributed by atoms with E-state index >= 15 is 0 Å². The first kappa shape index (κ1) is 15.6. The van der Waals surface area contributed by atoms with Gasteiger partial charge < -0.3 is 15.5 Å². The third-order valence-corrected chi connectivity index (χ3v) is 3.82. The molecule has 0 atom stereocenters. The summed E-state index contributed by atoms with van der Waals surface area (Å²) in [7, 11) is 0. The van der Waals surface area contributed by atoms with E-state index in [1.54, 1.807) is 12.1 Å². The SMILES string of the molecule is Cc1cc(Cl)cc(CNCCSCCCO)c1O. The van der Waals surface area contributed by atoms with Crippen LogP contribution in [-0.2, 0) is 6.54 Å². The van der Waals surface area contributed by atoms with E-state index in [-0.39, 0.29) is 6.61 Å². The molecule has 0 aliphatic heterocycles. The van der Waals surface area contributed by atoms with Gasteiger partial charge in [0.25, 0.3) is 0 Å². The Balaban J connectivity index is 2.27. The van der Waals surface area contributed by atoms with Crippen molar-refractivity contribution in [1.29, 1.82) is 0 Å². The molecule has 0 saturated heterocycles. The molecule has 0 fully saturated rings. The van der Waals surface area contributed by atoms with Crippen molar-refractivity contribution in [2.24, 2.45) is 0 Å². The Morgan fingerprint density at radius 1 is 1.33 bits per heavy atom. The molecule has 3 nitrogen and oxygen atoms in total.